The van der Waals surface area contributed by atoms with Crippen molar-refractivity contribution in [3.8, 4) is 11.6 Å². The summed E-state index contributed by atoms with van der Waals surface area (Å²) >= 11 is 5.95. The van der Waals surface area contributed by atoms with Crippen LogP contribution in [0.25, 0.3) is 22.5 Å². The maximum Gasteiger partial charge on any atom is 0.266 e. The van der Waals surface area contributed by atoms with Gasteiger partial charge >= 0.3 is 0 Å². The molecule has 0 bridgehead atoms. The summed E-state index contributed by atoms with van der Waals surface area (Å²) in [5, 5.41) is 20.6. The van der Waals surface area contributed by atoms with Gasteiger partial charge in [0.05, 0.1) is 11.7 Å². The Bertz CT molecular complexity index is 763. The van der Waals surface area contributed by atoms with Crippen LogP contribution in [0.3, 0.4) is 0 Å². The highest BCUT2D eigenvalue weighted by Gasteiger charge is 2.20. The molecule has 8 heteroatoms. The van der Waals surface area contributed by atoms with Gasteiger partial charge in [0.25, 0.3) is 5.89 Å². The quantitative estimate of drug-likeness (QED) is 0.322. The van der Waals surface area contributed by atoms with Crippen LogP contribution in [0.5, 0.6) is 0 Å². The molecule has 19 heavy (non-hydrogen) atoms. The molecule has 0 saturated heterocycles. The molecule has 3 aromatic rings. The number of nitrogens with two attached hydrogens (primary N) is 1. The molecule has 2 aromatic heterocycles. The van der Waals surface area contributed by atoms with Crippen LogP contribution in [-0.2, 0) is 0 Å². The van der Waals surface area contributed by atoms with Gasteiger partial charge in [-0.25, -0.2) is 0 Å². The smallest absolute Gasteiger partial charge is 0.266 e. The standard InChI is InChI=1S/C11H8ClN5O2/c12-6-1-2-7-8(4-15-18)10(11-16-14-5-19-11)17(13)9(7)3-6/h1-5,18H,13H2/b15-4+. The van der Waals surface area contributed by atoms with Crippen molar-refractivity contribution in [2.45, 2.75) is 0 Å². The predicted octanol–water partition coefficient (Wildman–Crippen LogP) is 1.87. The first kappa shape index (κ1) is 11.5. The molecule has 0 aliphatic carbocycles. The second-order valence-corrected chi connectivity index (χ2v) is 4.22. The number of hydrogen-bond acceptors (Lipinski definition) is 6. The number of nitrogen functional groups attached to an aromatic ring is 1. The second-order valence-electron chi connectivity index (χ2n) is 3.78. The summed E-state index contributed by atoms with van der Waals surface area (Å²) in [5.41, 5.74) is 1.68. The molecule has 0 aliphatic rings. The van der Waals surface area contributed by atoms with E-state index in [1.807, 2.05) is 0 Å². The monoisotopic (exact) mass is 277 g/mol. The molecule has 0 amide bonds. The molecule has 0 spiro atoms. The van der Waals surface area contributed by atoms with Crippen LogP contribution in [0.2, 0.25) is 5.02 Å². The van der Waals surface area contributed by atoms with Gasteiger partial charge in [-0.3, -0.25) is 4.68 Å². The summed E-state index contributed by atoms with van der Waals surface area (Å²) in [6.07, 6.45) is 2.46. The van der Waals surface area contributed by atoms with Crippen molar-refractivity contribution in [3.63, 3.8) is 0 Å². The third-order valence-corrected chi connectivity index (χ3v) is 2.99. The zero-order valence-corrected chi connectivity index (χ0v) is 10.2. The van der Waals surface area contributed by atoms with E-state index >= 15 is 0 Å². The fourth-order valence-corrected chi connectivity index (χ4v) is 2.16. The number of rotatable bonds is 2. The minimum Gasteiger partial charge on any atom is -0.422 e. The Balaban J connectivity index is 2.42. The van der Waals surface area contributed by atoms with Crippen LogP contribution >= 0.6 is 11.6 Å². The van der Waals surface area contributed by atoms with Crippen molar-refractivity contribution in [2.24, 2.45) is 5.16 Å². The molecule has 2 heterocycles. The number of benzene rings is 1. The highest BCUT2D eigenvalue weighted by atomic mass is 35.5. The third kappa shape index (κ3) is 1.71. The van der Waals surface area contributed by atoms with E-state index in [4.69, 9.17) is 27.1 Å². The first-order valence-corrected chi connectivity index (χ1v) is 5.63. The van der Waals surface area contributed by atoms with E-state index in [2.05, 4.69) is 15.4 Å². The van der Waals surface area contributed by atoms with E-state index in [1.54, 1.807) is 18.2 Å². The van der Waals surface area contributed by atoms with Crippen LogP contribution in [0.1, 0.15) is 5.56 Å². The van der Waals surface area contributed by atoms with Gasteiger partial charge in [-0.05, 0) is 12.1 Å². The van der Waals surface area contributed by atoms with Gasteiger partial charge < -0.3 is 15.5 Å². The molecule has 0 aliphatic heterocycles. The van der Waals surface area contributed by atoms with E-state index in [1.165, 1.54) is 17.3 Å². The number of aromatic nitrogens is 3. The van der Waals surface area contributed by atoms with Crippen molar-refractivity contribution in [2.75, 3.05) is 5.84 Å². The molecule has 0 unspecified atom stereocenters. The van der Waals surface area contributed by atoms with Crippen molar-refractivity contribution < 1.29 is 9.62 Å². The lowest BCUT2D eigenvalue weighted by Crippen LogP contribution is -2.10. The molecule has 96 valence electrons. The Kier molecular flexibility index (Phi) is 2.60. The average Bonchev–Trinajstić information content (AvgIpc) is 2.99. The zero-order chi connectivity index (χ0) is 13.4. The SMILES string of the molecule is Nn1c(-c2nnco2)c(/C=N/O)c2ccc(Cl)cc21. The predicted molar refractivity (Wildman–Crippen MR) is 69.8 cm³/mol. The first-order valence-electron chi connectivity index (χ1n) is 5.25. The minimum atomic E-state index is 0.227. The minimum absolute atomic E-state index is 0.227. The molecule has 3 N–H and O–H groups in total. The van der Waals surface area contributed by atoms with E-state index in [9.17, 15) is 0 Å². The number of nitrogens with zero attached hydrogens (tertiary/aromatic N) is 4. The summed E-state index contributed by atoms with van der Waals surface area (Å²) in [6.45, 7) is 0. The Hall–Kier alpha value is -2.54. The van der Waals surface area contributed by atoms with Crippen LogP contribution in [0.15, 0.2) is 34.2 Å². The molecule has 0 atom stereocenters. The largest absolute Gasteiger partial charge is 0.422 e. The van der Waals surface area contributed by atoms with E-state index in [0.717, 1.165) is 5.39 Å². The van der Waals surface area contributed by atoms with Gasteiger partial charge in [-0.15, -0.1) is 10.2 Å². The van der Waals surface area contributed by atoms with Gasteiger partial charge in [-0.1, -0.05) is 22.8 Å². The molecule has 3 rings (SSSR count). The molecule has 1 aromatic carbocycles. The Morgan fingerprint density at radius 1 is 1.47 bits per heavy atom. The van der Waals surface area contributed by atoms with Gasteiger partial charge in [0.2, 0.25) is 6.39 Å². The lowest BCUT2D eigenvalue weighted by Gasteiger charge is -2.00. The fraction of sp³-hybridized carbons (Fsp3) is 0. The summed E-state index contributed by atoms with van der Waals surface area (Å²) in [6, 6.07) is 5.19. The maximum absolute atomic E-state index is 8.79. The molecular formula is C11H8ClN5O2. The van der Waals surface area contributed by atoms with E-state index in [0.29, 0.717) is 21.8 Å². The summed E-state index contributed by atoms with van der Waals surface area (Å²) in [5.74, 6) is 6.24. The molecule has 7 nitrogen and oxygen atoms in total. The highest BCUT2D eigenvalue weighted by Crippen LogP contribution is 2.31. The fourth-order valence-electron chi connectivity index (χ4n) is 1.99. The number of fused-ring (bicyclic) bond motifs is 1. The zero-order valence-electron chi connectivity index (χ0n) is 9.49. The van der Waals surface area contributed by atoms with Crippen LogP contribution in [0, 0.1) is 0 Å². The Labute approximate surface area is 111 Å². The maximum atomic E-state index is 8.79. The normalized spacial score (nSPS) is 11.6. The molecule has 0 fully saturated rings. The molecule has 0 saturated carbocycles. The van der Waals surface area contributed by atoms with E-state index < -0.39 is 0 Å². The van der Waals surface area contributed by atoms with Gasteiger partial charge in [0.1, 0.15) is 5.69 Å². The number of oxime groups is 1. The van der Waals surface area contributed by atoms with E-state index in [-0.39, 0.29) is 5.89 Å². The lowest BCUT2D eigenvalue weighted by molar-refractivity contribution is 0.322. The number of hydrogen-bond donors (Lipinski definition) is 2. The van der Waals surface area contributed by atoms with Gasteiger partial charge in [0, 0.05) is 16.0 Å². The summed E-state index contributed by atoms with van der Waals surface area (Å²) in [7, 11) is 0. The molecule has 0 radical (unpaired) electrons. The van der Waals surface area contributed by atoms with Gasteiger partial charge in [0.15, 0.2) is 0 Å². The van der Waals surface area contributed by atoms with Crippen molar-refractivity contribution in [3.05, 3.63) is 35.2 Å². The summed E-state index contributed by atoms with van der Waals surface area (Å²) < 4.78 is 6.51. The summed E-state index contributed by atoms with van der Waals surface area (Å²) in [4.78, 5) is 0. The topological polar surface area (TPSA) is 102 Å². The number of halogens is 1. The van der Waals surface area contributed by atoms with Gasteiger partial charge in [-0.2, -0.15) is 0 Å². The molecular weight excluding hydrogens is 270 g/mol. The third-order valence-electron chi connectivity index (χ3n) is 2.75. The first-order chi connectivity index (χ1) is 9.22. The van der Waals surface area contributed by atoms with Crippen molar-refractivity contribution >= 4 is 28.7 Å². The Morgan fingerprint density at radius 3 is 3.00 bits per heavy atom. The lowest BCUT2D eigenvalue weighted by atomic mass is 10.1. The van der Waals surface area contributed by atoms with Crippen LogP contribution in [-0.4, -0.2) is 26.3 Å². The second kappa shape index (κ2) is 4.29. The average molecular weight is 278 g/mol. The van der Waals surface area contributed by atoms with Crippen LogP contribution < -0.4 is 5.84 Å². The van der Waals surface area contributed by atoms with Crippen molar-refractivity contribution in [1.82, 2.24) is 14.9 Å². The van der Waals surface area contributed by atoms with Crippen molar-refractivity contribution in [1.29, 1.82) is 0 Å². The highest BCUT2D eigenvalue weighted by molar-refractivity contribution is 6.31. The Morgan fingerprint density at radius 2 is 2.32 bits per heavy atom. The van der Waals surface area contributed by atoms with Crippen LogP contribution in [0.4, 0.5) is 0 Å².